The van der Waals surface area contributed by atoms with Gasteiger partial charge in [0, 0.05) is 52.4 Å². The molecule has 152 valence electrons. The van der Waals surface area contributed by atoms with Gasteiger partial charge in [-0.2, -0.15) is 0 Å². The van der Waals surface area contributed by atoms with Crippen LogP contribution in [0.5, 0.6) is 0 Å². The summed E-state index contributed by atoms with van der Waals surface area (Å²) in [7, 11) is 1.82. The lowest BCUT2D eigenvalue weighted by atomic mass is 9.85. The van der Waals surface area contributed by atoms with Gasteiger partial charge in [0.25, 0.3) is 0 Å². The van der Waals surface area contributed by atoms with Crippen LogP contribution >= 0.6 is 0 Å². The molecule has 0 aliphatic heterocycles. The molecule has 0 amide bonds. The fraction of sp³-hybridized carbons (Fsp3) is 0.214. The Morgan fingerprint density at radius 3 is 2.68 bits per heavy atom. The van der Waals surface area contributed by atoms with Crippen molar-refractivity contribution in [2.45, 2.75) is 32.9 Å². The van der Waals surface area contributed by atoms with E-state index < -0.39 is 26.0 Å². The van der Waals surface area contributed by atoms with E-state index >= 15 is 0 Å². The Bertz CT molecular complexity index is 1830. The molecular formula is C28H25N2O+. The van der Waals surface area contributed by atoms with E-state index in [0.29, 0.717) is 44.3 Å². The maximum absolute atomic E-state index is 8.43. The first-order valence-corrected chi connectivity index (χ1v) is 10.0. The second-order valence-electron chi connectivity index (χ2n) is 8.17. The average molecular weight is 415 g/mol. The Morgan fingerprint density at radius 2 is 1.84 bits per heavy atom. The van der Waals surface area contributed by atoms with Crippen molar-refractivity contribution in [2.24, 2.45) is 7.05 Å². The first-order chi connectivity index (χ1) is 18.6. The van der Waals surface area contributed by atoms with Crippen molar-refractivity contribution in [3.05, 3.63) is 83.3 Å². The number of furan rings is 1. The van der Waals surface area contributed by atoms with Crippen LogP contribution in [0.4, 0.5) is 0 Å². The van der Waals surface area contributed by atoms with Crippen molar-refractivity contribution in [3.63, 3.8) is 0 Å². The summed E-state index contributed by atoms with van der Waals surface area (Å²) in [6, 6.07) is 13.6. The fourth-order valence-electron chi connectivity index (χ4n) is 4.72. The molecule has 0 spiro atoms. The molecule has 0 unspecified atom stereocenters. The van der Waals surface area contributed by atoms with Crippen molar-refractivity contribution in [1.82, 2.24) is 4.98 Å². The molecule has 0 N–H and O–H groups in total. The molecule has 5 aromatic rings. The summed E-state index contributed by atoms with van der Waals surface area (Å²) >= 11 is 0. The number of rotatable bonds is 1. The van der Waals surface area contributed by atoms with E-state index in [0.717, 1.165) is 5.56 Å². The van der Waals surface area contributed by atoms with E-state index in [9.17, 15) is 0 Å². The maximum Gasteiger partial charge on any atom is 0.216 e. The number of aryl methyl sites for hydroxylation is 3. The topological polar surface area (TPSA) is 29.9 Å². The Kier molecular flexibility index (Phi) is 2.19. The minimum atomic E-state index is -2.93. The lowest BCUT2D eigenvalue weighted by Crippen LogP contribution is -2.30. The molecule has 0 fully saturated rings. The normalized spacial score (nSPS) is 19.7. The van der Waals surface area contributed by atoms with Crippen molar-refractivity contribution in [2.75, 3.05) is 0 Å². The van der Waals surface area contributed by atoms with Crippen LogP contribution in [0.25, 0.3) is 44.3 Å². The van der Waals surface area contributed by atoms with Gasteiger partial charge in [-0.3, -0.25) is 4.98 Å². The zero-order chi connectivity index (χ0) is 29.0. The maximum atomic E-state index is 8.43. The van der Waals surface area contributed by atoms with Gasteiger partial charge in [-0.15, -0.1) is 0 Å². The number of hydrogen-bond donors (Lipinski definition) is 0. The van der Waals surface area contributed by atoms with Gasteiger partial charge in [0.2, 0.25) is 5.69 Å². The molecule has 31 heavy (non-hydrogen) atoms. The van der Waals surface area contributed by atoms with Crippen LogP contribution in [-0.4, -0.2) is 4.98 Å². The number of fused-ring (bicyclic) bond motifs is 7. The third-order valence-electron chi connectivity index (χ3n) is 6.25. The van der Waals surface area contributed by atoms with Crippen LogP contribution < -0.4 is 4.57 Å². The number of benzene rings is 2. The molecule has 1 aliphatic rings. The van der Waals surface area contributed by atoms with Gasteiger partial charge in [-0.25, -0.2) is 4.57 Å². The Balaban J connectivity index is 1.75. The largest absolute Gasteiger partial charge is 0.454 e. The number of pyridine rings is 2. The molecule has 0 atom stereocenters. The third-order valence-corrected chi connectivity index (χ3v) is 6.25. The average Bonchev–Trinajstić information content (AvgIpc) is 3.37. The predicted molar refractivity (Wildman–Crippen MR) is 125 cm³/mol. The smallest absolute Gasteiger partial charge is 0.216 e. The van der Waals surface area contributed by atoms with Crippen molar-refractivity contribution >= 4 is 21.9 Å². The molecule has 0 saturated carbocycles. The second-order valence-corrected chi connectivity index (χ2v) is 8.17. The van der Waals surface area contributed by atoms with Crippen LogP contribution in [-0.2, 0) is 12.5 Å². The van der Waals surface area contributed by atoms with Crippen LogP contribution in [0.15, 0.2) is 65.3 Å². The summed E-state index contributed by atoms with van der Waals surface area (Å²) in [5, 5.41) is 1.30. The lowest BCUT2D eigenvalue weighted by Gasteiger charge is -2.19. The molecule has 3 nitrogen and oxygen atoms in total. The summed E-state index contributed by atoms with van der Waals surface area (Å²) in [5.41, 5.74) is 1.71. The Labute approximate surface area is 194 Å². The molecule has 0 radical (unpaired) electrons. The minimum Gasteiger partial charge on any atom is -0.454 e. The first kappa shape index (κ1) is 11.2. The summed E-state index contributed by atoms with van der Waals surface area (Å²) < 4.78 is 82.7. The molecule has 0 bridgehead atoms. The molecule has 0 saturated heterocycles. The molecule has 6 rings (SSSR count). The highest BCUT2D eigenvalue weighted by molar-refractivity contribution is 6.14. The SMILES string of the molecule is [2H]C([2H])([2H])c1cc[n+](C)c(-c2c(C)ccc3c2oc2c4c(ncc23)C(C([2H])([2H])[2H])(C([2H])([2H])[2H])c2ccccc2-4)c1. The van der Waals surface area contributed by atoms with Gasteiger partial charge in [0.15, 0.2) is 6.20 Å². The predicted octanol–water partition coefficient (Wildman–Crippen LogP) is 6.40. The van der Waals surface area contributed by atoms with E-state index in [4.69, 9.17) is 16.8 Å². The second kappa shape index (κ2) is 6.04. The van der Waals surface area contributed by atoms with Crippen LogP contribution in [0.2, 0.25) is 0 Å². The Morgan fingerprint density at radius 1 is 1.00 bits per heavy atom. The van der Waals surface area contributed by atoms with Crippen molar-refractivity contribution in [3.8, 4) is 22.4 Å². The summed E-state index contributed by atoms with van der Waals surface area (Å²) in [5.74, 6) is 0. The van der Waals surface area contributed by atoms with Crippen LogP contribution in [0.3, 0.4) is 0 Å². The highest BCUT2D eigenvalue weighted by Crippen LogP contribution is 2.51. The van der Waals surface area contributed by atoms with E-state index in [1.54, 1.807) is 42.6 Å². The van der Waals surface area contributed by atoms with Crippen LogP contribution in [0, 0.1) is 13.8 Å². The molecule has 1 aliphatic carbocycles. The summed E-state index contributed by atoms with van der Waals surface area (Å²) in [4.78, 5) is 4.54. The lowest BCUT2D eigenvalue weighted by molar-refractivity contribution is -0.660. The van der Waals surface area contributed by atoms with E-state index in [2.05, 4.69) is 4.98 Å². The van der Waals surface area contributed by atoms with Gasteiger partial charge in [-0.05, 0) is 36.0 Å². The van der Waals surface area contributed by atoms with Gasteiger partial charge < -0.3 is 4.42 Å². The van der Waals surface area contributed by atoms with E-state index in [1.165, 1.54) is 6.20 Å². The highest BCUT2D eigenvalue weighted by Gasteiger charge is 2.39. The first-order valence-electron chi connectivity index (χ1n) is 14.5. The zero-order valence-corrected chi connectivity index (χ0v) is 17.1. The highest BCUT2D eigenvalue weighted by atomic mass is 16.3. The monoisotopic (exact) mass is 414 g/mol. The van der Waals surface area contributed by atoms with E-state index in [-0.39, 0.29) is 16.8 Å². The number of hydrogen-bond acceptors (Lipinski definition) is 2. The summed E-state index contributed by atoms with van der Waals surface area (Å²) in [6.07, 6.45) is 3.17. The fourth-order valence-corrected chi connectivity index (χ4v) is 4.72. The zero-order valence-electron chi connectivity index (χ0n) is 26.1. The number of aromatic nitrogens is 2. The third kappa shape index (κ3) is 2.35. The Hall–Kier alpha value is -3.46. The van der Waals surface area contributed by atoms with Crippen molar-refractivity contribution in [1.29, 1.82) is 0 Å². The molecular weight excluding hydrogens is 380 g/mol. The van der Waals surface area contributed by atoms with Gasteiger partial charge >= 0.3 is 0 Å². The molecule has 3 aromatic heterocycles. The van der Waals surface area contributed by atoms with Gasteiger partial charge in [-0.1, -0.05) is 50.1 Å². The molecule has 3 heteroatoms. The standard InChI is InChI=1S/C28H25N2O/c1-16-12-13-30(5)22(14-16)23-17(2)10-11-18-20-15-29-27-24(26(20)31-25(18)23)19-8-6-7-9-21(19)28(27,3)4/h6-15H,1-5H3/q+1/i1D3,3D3,4D3. The van der Waals surface area contributed by atoms with Crippen molar-refractivity contribution < 1.29 is 21.3 Å². The number of nitrogens with zero attached hydrogens (tertiary/aromatic N) is 2. The quantitative estimate of drug-likeness (QED) is 0.297. The minimum absolute atomic E-state index is 0.0616. The van der Waals surface area contributed by atoms with Crippen LogP contribution in [0.1, 0.15) is 48.4 Å². The van der Waals surface area contributed by atoms with Gasteiger partial charge in [0.05, 0.1) is 11.3 Å². The molecule has 2 aromatic carbocycles. The van der Waals surface area contributed by atoms with E-state index in [1.807, 2.05) is 30.7 Å². The molecule has 3 heterocycles. The van der Waals surface area contributed by atoms with Gasteiger partial charge in [0.1, 0.15) is 18.2 Å². The summed E-state index contributed by atoms with van der Waals surface area (Å²) in [6.45, 7) is -6.27.